The Hall–Kier alpha value is -0.900. The molecule has 0 spiro atoms. The fourth-order valence-corrected chi connectivity index (χ4v) is 3.91. The van der Waals surface area contributed by atoms with E-state index < -0.39 is 0 Å². The maximum atomic E-state index is 3.73. The summed E-state index contributed by atoms with van der Waals surface area (Å²) in [4.78, 5) is 5.24. The molecule has 0 atom stereocenters. The maximum Gasteiger partial charge on any atom is 0.0234 e. The lowest BCUT2D eigenvalue weighted by Crippen LogP contribution is -2.46. The van der Waals surface area contributed by atoms with Gasteiger partial charge in [-0.1, -0.05) is 43.2 Å². The highest BCUT2D eigenvalue weighted by molar-refractivity contribution is 5.14. The number of rotatable bonds is 8. The van der Waals surface area contributed by atoms with Gasteiger partial charge in [0.25, 0.3) is 0 Å². The average molecular weight is 316 g/mol. The van der Waals surface area contributed by atoms with Crippen molar-refractivity contribution in [3.63, 3.8) is 0 Å². The number of hydrogen-bond acceptors (Lipinski definition) is 3. The van der Waals surface area contributed by atoms with E-state index in [9.17, 15) is 0 Å². The second-order valence-electron chi connectivity index (χ2n) is 7.25. The molecule has 0 amide bonds. The van der Waals surface area contributed by atoms with Gasteiger partial charge in [0.1, 0.15) is 0 Å². The number of hydrogen-bond donors (Lipinski definition) is 1. The Labute approximate surface area is 142 Å². The molecule has 1 aliphatic heterocycles. The monoisotopic (exact) mass is 315 g/mol. The van der Waals surface area contributed by atoms with Crippen LogP contribution in [0.25, 0.3) is 0 Å². The zero-order chi connectivity index (χ0) is 15.7. The highest BCUT2D eigenvalue weighted by atomic mass is 15.3. The molecule has 1 N–H and O–H groups in total. The number of benzene rings is 1. The molecule has 0 unspecified atom stereocenters. The van der Waals surface area contributed by atoms with Gasteiger partial charge in [0.2, 0.25) is 0 Å². The van der Waals surface area contributed by atoms with Gasteiger partial charge in [-0.15, -0.1) is 0 Å². The molecular weight excluding hydrogens is 282 g/mol. The lowest BCUT2D eigenvalue weighted by molar-refractivity contribution is 0.125. The summed E-state index contributed by atoms with van der Waals surface area (Å²) in [5.74, 6) is 0. The summed E-state index contributed by atoms with van der Waals surface area (Å²) >= 11 is 0. The molecule has 23 heavy (non-hydrogen) atoms. The summed E-state index contributed by atoms with van der Waals surface area (Å²) in [6, 6.07) is 11.7. The molecule has 3 nitrogen and oxygen atoms in total. The van der Waals surface area contributed by atoms with Gasteiger partial charge in [-0.05, 0) is 44.3 Å². The molecule has 128 valence electrons. The normalized spacial score (nSPS) is 21.0. The molecular formula is C20H33N3. The number of unbranched alkanes of at least 4 members (excludes halogenated alkanes) is 1. The van der Waals surface area contributed by atoms with Crippen LogP contribution in [0.1, 0.15) is 44.1 Å². The molecule has 1 aromatic carbocycles. The average Bonchev–Trinajstić information content (AvgIpc) is 3.10. The molecule has 1 saturated heterocycles. The minimum Gasteiger partial charge on any atom is -0.314 e. The van der Waals surface area contributed by atoms with E-state index in [1.807, 2.05) is 0 Å². The summed E-state index contributed by atoms with van der Waals surface area (Å²) in [5, 5.41) is 3.73. The lowest BCUT2D eigenvalue weighted by Gasteiger charge is -2.34. The summed E-state index contributed by atoms with van der Waals surface area (Å²) in [6.45, 7) is 8.53. The highest BCUT2D eigenvalue weighted by Crippen LogP contribution is 2.17. The Morgan fingerprint density at radius 3 is 2.30 bits per heavy atom. The molecule has 2 fully saturated rings. The maximum absolute atomic E-state index is 3.73. The molecule has 1 aromatic rings. The van der Waals surface area contributed by atoms with Crippen molar-refractivity contribution < 1.29 is 0 Å². The van der Waals surface area contributed by atoms with Crippen LogP contribution in [0.3, 0.4) is 0 Å². The van der Waals surface area contributed by atoms with Crippen LogP contribution in [0.2, 0.25) is 0 Å². The van der Waals surface area contributed by atoms with E-state index in [1.165, 1.54) is 83.4 Å². The minimum atomic E-state index is 0.830. The first-order chi connectivity index (χ1) is 11.4. The smallest absolute Gasteiger partial charge is 0.0234 e. The third-order valence-corrected chi connectivity index (χ3v) is 5.40. The third kappa shape index (κ3) is 5.91. The number of nitrogens with one attached hydrogen (secondary N) is 1. The van der Waals surface area contributed by atoms with Gasteiger partial charge < -0.3 is 10.2 Å². The largest absolute Gasteiger partial charge is 0.314 e. The standard InChI is InChI=1S/C20H33N3/c1-2-8-19(9-3-1)18-23-16-14-22(15-17-23)13-7-6-12-21-20-10-4-5-11-20/h1-3,8-9,20-21H,4-7,10-18H2. The Morgan fingerprint density at radius 1 is 0.870 bits per heavy atom. The van der Waals surface area contributed by atoms with E-state index in [2.05, 4.69) is 45.4 Å². The van der Waals surface area contributed by atoms with Crippen LogP contribution < -0.4 is 5.32 Å². The lowest BCUT2D eigenvalue weighted by atomic mass is 10.2. The van der Waals surface area contributed by atoms with Gasteiger partial charge >= 0.3 is 0 Å². The van der Waals surface area contributed by atoms with Crippen LogP contribution in [0.5, 0.6) is 0 Å². The van der Waals surface area contributed by atoms with E-state index in [0.717, 1.165) is 12.6 Å². The predicted octanol–water partition coefficient (Wildman–Crippen LogP) is 3.12. The summed E-state index contributed by atoms with van der Waals surface area (Å²) < 4.78 is 0. The van der Waals surface area contributed by atoms with E-state index in [4.69, 9.17) is 0 Å². The fourth-order valence-electron chi connectivity index (χ4n) is 3.91. The Balaban J connectivity index is 1.23. The molecule has 1 heterocycles. The van der Waals surface area contributed by atoms with Gasteiger partial charge in [-0.2, -0.15) is 0 Å². The van der Waals surface area contributed by atoms with Crippen molar-refractivity contribution in [2.45, 2.75) is 51.1 Å². The molecule has 1 aliphatic carbocycles. The van der Waals surface area contributed by atoms with Gasteiger partial charge in [0, 0.05) is 38.8 Å². The van der Waals surface area contributed by atoms with E-state index in [-0.39, 0.29) is 0 Å². The first-order valence-electron chi connectivity index (χ1n) is 9.62. The first-order valence-corrected chi connectivity index (χ1v) is 9.62. The molecule has 2 aliphatic rings. The van der Waals surface area contributed by atoms with Gasteiger partial charge in [0.15, 0.2) is 0 Å². The van der Waals surface area contributed by atoms with Crippen LogP contribution >= 0.6 is 0 Å². The van der Waals surface area contributed by atoms with Crippen LogP contribution in [0, 0.1) is 0 Å². The summed E-state index contributed by atoms with van der Waals surface area (Å²) in [7, 11) is 0. The van der Waals surface area contributed by atoms with Crippen molar-refractivity contribution >= 4 is 0 Å². The van der Waals surface area contributed by atoms with Crippen molar-refractivity contribution in [2.75, 3.05) is 39.3 Å². The zero-order valence-corrected chi connectivity index (χ0v) is 14.6. The molecule has 3 heteroatoms. The SMILES string of the molecule is c1ccc(CN2CCN(CCCCNC3CCCC3)CC2)cc1. The highest BCUT2D eigenvalue weighted by Gasteiger charge is 2.17. The van der Waals surface area contributed by atoms with Gasteiger partial charge in [-0.25, -0.2) is 0 Å². The minimum absolute atomic E-state index is 0.830. The first kappa shape index (κ1) is 16.9. The molecule has 0 bridgehead atoms. The van der Waals surface area contributed by atoms with Crippen LogP contribution in [-0.2, 0) is 6.54 Å². The van der Waals surface area contributed by atoms with Crippen LogP contribution in [0.15, 0.2) is 30.3 Å². The quantitative estimate of drug-likeness (QED) is 0.744. The second kappa shape index (κ2) is 9.41. The van der Waals surface area contributed by atoms with Crippen molar-refractivity contribution in [3.05, 3.63) is 35.9 Å². The Kier molecular flexibility index (Phi) is 6.93. The Bertz CT molecular complexity index is 420. The molecule has 0 aromatic heterocycles. The molecule has 3 rings (SSSR count). The van der Waals surface area contributed by atoms with Crippen LogP contribution in [-0.4, -0.2) is 55.1 Å². The zero-order valence-electron chi connectivity index (χ0n) is 14.6. The van der Waals surface area contributed by atoms with Crippen molar-refractivity contribution in [2.24, 2.45) is 0 Å². The van der Waals surface area contributed by atoms with E-state index in [0.29, 0.717) is 0 Å². The second-order valence-corrected chi connectivity index (χ2v) is 7.25. The number of nitrogens with zero attached hydrogens (tertiary/aromatic N) is 2. The Morgan fingerprint density at radius 2 is 1.57 bits per heavy atom. The molecule has 1 saturated carbocycles. The van der Waals surface area contributed by atoms with Crippen molar-refractivity contribution in [3.8, 4) is 0 Å². The van der Waals surface area contributed by atoms with Crippen molar-refractivity contribution in [1.82, 2.24) is 15.1 Å². The predicted molar refractivity (Wildman–Crippen MR) is 97.7 cm³/mol. The van der Waals surface area contributed by atoms with Gasteiger partial charge in [-0.3, -0.25) is 4.90 Å². The van der Waals surface area contributed by atoms with Crippen LogP contribution in [0.4, 0.5) is 0 Å². The van der Waals surface area contributed by atoms with E-state index >= 15 is 0 Å². The number of piperazine rings is 1. The van der Waals surface area contributed by atoms with E-state index in [1.54, 1.807) is 0 Å². The van der Waals surface area contributed by atoms with Gasteiger partial charge in [0.05, 0.1) is 0 Å². The van der Waals surface area contributed by atoms with Crippen molar-refractivity contribution in [1.29, 1.82) is 0 Å². The summed E-state index contributed by atoms with van der Waals surface area (Å²) in [6.07, 6.45) is 8.36. The third-order valence-electron chi connectivity index (χ3n) is 5.40. The fraction of sp³-hybridized carbons (Fsp3) is 0.700. The topological polar surface area (TPSA) is 18.5 Å². The molecule has 0 radical (unpaired) electrons. The summed E-state index contributed by atoms with van der Waals surface area (Å²) in [5.41, 5.74) is 1.44.